The van der Waals surface area contributed by atoms with E-state index in [1.54, 1.807) is 6.92 Å². The average Bonchev–Trinajstić information content (AvgIpc) is 2.71. The molecule has 2 aromatic rings. The van der Waals surface area contributed by atoms with Crippen molar-refractivity contribution in [2.24, 2.45) is 0 Å². The highest BCUT2D eigenvalue weighted by atomic mass is 79.9. The lowest BCUT2D eigenvalue weighted by Crippen LogP contribution is -2.03. The Balaban J connectivity index is 2.49. The smallest absolute Gasteiger partial charge is 0.377 e. The van der Waals surface area contributed by atoms with E-state index in [0.717, 1.165) is 10.9 Å². The fraction of sp³-hybridized carbons (Fsp3) is 0.273. The van der Waals surface area contributed by atoms with Crippen molar-refractivity contribution in [3.8, 4) is 0 Å². The molecule has 1 aromatic carbocycles. The van der Waals surface area contributed by atoms with Gasteiger partial charge in [-0.2, -0.15) is 0 Å². The highest BCUT2D eigenvalue weighted by Gasteiger charge is 2.17. The first-order chi connectivity index (χ1) is 7.76. The number of hydrogen-bond acceptors (Lipinski definition) is 4. The number of benzene rings is 1. The van der Waals surface area contributed by atoms with Gasteiger partial charge in [0.25, 0.3) is 5.76 Å². The monoisotopic (exact) mass is 283 g/mol. The van der Waals surface area contributed by atoms with E-state index in [2.05, 4.69) is 21.1 Å². The lowest BCUT2D eigenvalue weighted by Gasteiger charge is -1.98. The summed E-state index contributed by atoms with van der Waals surface area (Å²) in [7, 11) is 0. The normalized spacial score (nSPS) is 10.6. The predicted molar refractivity (Wildman–Crippen MR) is 62.6 cm³/mol. The molecular formula is C11H10BrNO3. The predicted octanol–water partition coefficient (Wildman–Crippen LogP) is 2.90. The number of carbonyl (C=O) groups is 1. The van der Waals surface area contributed by atoms with Gasteiger partial charge in [-0.1, -0.05) is 27.2 Å². The highest BCUT2D eigenvalue weighted by molar-refractivity contribution is 9.08. The molecule has 1 aromatic heterocycles. The molecule has 0 unspecified atom stereocenters. The number of carbonyl (C=O) groups excluding carboxylic acids is 1. The molecule has 16 heavy (non-hydrogen) atoms. The zero-order valence-corrected chi connectivity index (χ0v) is 10.3. The molecule has 0 amide bonds. The maximum atomic E-state index is 11.6. The molecule has 2 rings (SSSR count). The second kappa shape index (κ2) is 4.65. The Morgan fingerprint density at radius 1 is 1.56 bits per heavy atom. The minimum absolute atomic E-state index is 0.166. The first-order valence-electron chi connectivity index (χ1n) is 4.87. The highest BCUT2D eigenvalue weighted by Crippen LogP contribution is 2.21. The Hall–Kier alpha value is -1.36. The van der Waals surface area contributed by atoms with Gasteiger partial charge >= 0.3 is 5.97 Å². The molecular weight excluding hydrogens is 274 g/mol. The number of hydrogen-bond donors (Lipinski definition) is 0. The van der Waals surface area contributed by atoms with Crippen LogP contribution in [0.5, 0.6) is 0 Å². The molecule has 1 heterocycles. The molecule has 0 fully saturated rings. The van der Waals surface area contributed by atoms with Crippen molar-refractivity contribution < 1.29 is 14.1 Å². The summed E-state index contributed by atoms with van der Waals surface area (Å²) in [5, 5.41) is 5.22. The summed E-state index contributed by atoms with van der Waals surface area (Å²) < 4.78 is 9.87. The second-order valence-corrected chi connectivity index (χ2v) is 3.78. The molecule has 4 nitrogen and oxygen atoms in total. The Labute approximate surface area is 101 Å². The quantitative estimate of drug-likeness (QED) is 0.642. The van der Waals surface area contributed by atoms with Crippen molar-refractivity contribution in [2.75, 3.05) is 6.61 Å². The summed E-state index contributed by atoms with van der Waals surface area (Å²) in [6.45, 7) is 2.07. The van der Waals surface area contributed by atoms with Gasteiger partial charge in [0.15, 0.2) is 0 Å². The molecule has 5 heteroatoms. The van der Waals surface area contributed by atoms with Crippen molar-refractivity contribution in [1.82, 2.24) is 5.16 Å². The molecule has 0 spiro atoms. The van der Waals surface area contributed by atoms with E-state index in [1.807, 2.05) is 18.2 Å². The SMILES string of the molecule is CCOC(=O)c1onc2ccc(CBr)cc12. The van der Waals surface area contributed by atoms with Gasteiger partial charge < -0.3 is 9.26 Å². The van der Waals surface area contributed by atoms with Crippen LogP contribution < -0.4 is 0 Å². The van der Waals surface area contributed by atoms with Gasteiger partial charge in [0, 0.05) is 5.33 Å². The third-order valence-corrected chi connectivity index (χ3v) is 2.80. The molecule has 0 aliphatic heterocycles. The van der Waals surface area contributed by atoms with E-state index in [-0.39, 0.29) is 5.76 Å². The number of aromatic nitrogens is 1. The molecule has 0 atom stereocenters. The fourth-order valence-electron chi connectivity index (χ4n) is 1.42. The number of esters is 1. The van der Waals surface area contributed by atoms with E-state index < -0.39 is 5.97 Å². The molecule has 0 saturated heterocycles. The number of nitrogens with zero attached hydrogens (tertiary/aromatic N) is 1. The van der Waals surface area contributed by atoms with Gasteiger partial charge in [0.05, 0.1) is 12.0 Å². The van der Waals surface area contributed by atoms with Crippen LogP contribution >= 0.6 is 15.9 Å². The third kappa shape index (κ3) is 1.95. The minimum Gasteiger partial charge on any atom is -0.460 e. The lowest BCUT2D eigenvalue weighted by molar-refractivity contribution is 0.0483. The van der Waals surface area contributed by atoms with Crippen LogP contribution in [0.4, 0.5) is 0 Å². The van der Waals surface area contributed by atoms with Crippen LogP contribution in [0, 0.1) is 0 Å². The number of rotatable bonds is 3. The van der Waals surface area contributed by atoms with E-state index in [0.29, 0.717) is 17.5 Å². The minimum atomic E-state index is -0.475. The summed E-state index contributed by atoms with van der Waals surface area (Å²) in [5.74, 6) is -0.309. The maximum Gasteiger partial charge on any atom is 0.377 e. The first-order valence-corrected chi connectivity index (χ1v) is 5.99. The van der Waals surface area contributed by atoms with E-state index in [1.165, 1.54) is 0 Å². The average molecular weight is 284 g/mol. The van der Waals surface area contributed by atoms with Crippen molar-refractivity contribution in [3.05, 3.63) is 29.5 Å². The van der Waals surface area contributed by atoms with Gasteiger partial charge in [-0.05, 0) is 24.6 Å². The van der Waals surface area contributed by atoms with Crippen LogP contribution in [-0.4, -0.2) is 17.7 Å². The number of ether oxygens (including phenoxy) is 1. The van der Waals surface area contributed by atoms with Crippen molar-refractivity contribution in [2.45, 2.75) is 12.3 Å². The van der Waals surface area contributed by atoms with Crippen LogP contribution in [0.3, 0.4) is 0 Å². The molecule has 0 aliphatic carbocycles. The van der Waals surface area contributed by atoms with E-state index in [9.17, 15) is 4.79 Å². The molecule has 0 aliphatic rings. The third-order valence-electron chi connectivity index (χ3n) is 2.16. The van der Waals surface area contributed by atoms with Crippen molar-refractivity contribution in [3.63, 3.8) is 0 Å². The van der Waals surface area contributed by atoms with Gasteiger partial charge in [-0.25, -0.2) is 4.79 Å². The number of fused-ring (bicyclic) bond motifs is 1. The van der Waals surface area contributed by atoms with Crippen molar-refractivity contribution in [1.29, 1.82) is 0 Å². The van der Waals surface area contributed by atoms with E-state index >= 15 is 0 Å². The molecule has 84 valence electrons. The standard InChI is InChI=1S/C11H10BrNO3/c1-2-15-11(14)10-8-5-7(6-12)3-4-9(8)13-16-10/h3-5H,2,6H2,1H3. The molecule has 0 bridgehead atoms. The lowest BCUT2D eigenvalue weighted by atomic mass is 10.1. The summed E-state index contributed by atoms with van der Waals surface area (Å²) in [6.07, 6.45) is 0. The Morgan fingerprint density at radius 2 is 2.38 bits per heavy atom. The topological polar surface area (TPSA) is 52.3 Å². The maximum absolute atomic E-state index is 11.6. The van der Waals surface area contributed by atoms with Crippen LogP contribution in [-0.2, 0) is 10.1 Å². The van der Waals surface area contributed by atoms with Gasteiger partial charge in [-0.3, -0.25) is 0 Å². The van der Waals surface area contributed by atoms with Crippen LogP contribution in [0.15, 0.2) is 22.7 Å². The largest absolute Gasteiger partial charge is 0.460 e. The number of alkyl halides is 1. The zero-order chi connectivity index (χ0) is 11.5. The first kappa shape index (κ1) is 11.1. The van der Waals surface area contributed by atoms with E-state index in [4.69, 9.17) is 9.26 Å². The fourth-order valence-corrected chi connectivity index (χ4v) is 1.76. The summed E-state index contributed by atoms with van der Waals surface area (Å²) in [6, 6.07) is 5.61. The van der Waals surface area contributed by atoms with Crippen LogP contribution in [0.25, 0.3) is 10.9 Å². The molecule has 0 radical (unpaired) electrons. The summed E-state index contributed by atoms with van der Waals surface area (Å²) in [5.41, 5.74) is 1.72. The van der Waals surface area contributed by atoms with Crippen molar-refractivity contribution >= 4 is 32.8 Å². The van der Waals surface area contributed by atoms with Gasteiger partial charge in [-0.15, -0.1) is 0 Å². The Kier molecular flexibility index (Phi) is 3.24. The summed E-state index contributed by atoms with van der Waals surface area (Å²) >= 11 is 3.36. The Bertz CT molecular complexity index is 521. The second-order valence-electron chi connectivity index (χ2n) is 3.22. The van der Waals surface area contributed by atoms with Crippen LogP contribution in [0.2, 0.25) is 0 Å². The number of halogens is 1. The van der Waals surface area contributed by atoms with Crippen LogP contribution in [0.1, 0.15) is 23.0 Å². The molecule has 0 saturated carbocycles. The zero-order valence-electron chi connectivity index (χ0n) is 8.70. The van der Waals surface area contributed by atoms with Gasteiger partial charge in [0.1, 0.15) is 5.52 Å². The van der Waals surface area contributed by atoms with Gasteiger partial charge in [0.2, 0.25) is 0 Å². The summed E-state index contributed by atoms with van der Waals surface area (Å²) in [4.78, 5) is 11.6. The molecule has 0 N–H and O–H groups in total. The Morgan fingerprint density at radius 3 is 3.06 bits per heavy atom.